The van der Waals surface area contributed by atoms with Gasteiger partial charge in [-0.15, -0.1) is 0 Å². The summed E-state index contributed by atoms with van der Waals surface area (Å²) in [5.41, 5.74) is 0.773. The van der Waals surface area contributed by atoms with Gasteiger partial charge in [0.1, 0.15) is 18.9 Å². The monoisotopic (exact) mass is 342 g/mol. The second-order valence-corrected chi connectivity index (χ2v) is 6.13. The highest BCUT2D eigenvalue weighted by Crippen LogP contribution is 2.19. The Hall–Kier alpha value is -2.89. The number of nitrogens with one attached hydrogen (secondary N) is 1. The minimum atomic E-state index is -1.11. The molecule has 0 unspecified atom stereocenters. The molecule has 0 saturated carbocycles. The molecule has 0 aliphatic carbocycles. The summed E-state index contributed by atoms with van der Waals surface area (Å²) in [5.74, 6) is -0.334. The molecule has 1 aromatic carbocycles. The van der Waals surface area contributed by atoms with Crippen LogP contribution in [0.1, 0.15) is 25.0 Å². The van der Waals surface area contributed by atoms with Crippen molar-refractivity contribution < 1.29 is 19.1 Å². The average molecular weight is 342 g/mol. The van der Waals surface area contributed by atoms with E-state index in [0.717, 1.165) is 11.1 Å². The van der Waals surface area contributed by atoms with Gasteiger partial charge in [0.05, 0.1) is 0 Å². The second kappa shape index (κ2) is 8.28. The molecule has 6 nitrogen and oxygen atoms in total. The summed E-state index contributed by atoms with van der Waals surface area (Å²) in [6.45, 7) is 5.15. The van der Waals surface area contributed by atoms with Gasteiger partial charge in [0.25, 0.3) is 5.91 Å². The summed E-state index contributed by atoms with van der Waals surface area (Å²) in [6.07, 6.45) is 3.26. The third-order valence-electron chi connectivity index (χ3n) is 3.46. The fourth-order valence-electron chi connectivity index (χ4n) is 2.01. The summed E-state index contributed by atoms with van der Waals surface area (Å²) < 4.78 is 10.8. The number of ether oxygens (including phenoxy) is 2. The highest BCUT2D eigenvalue weighted by Gasteiger charge is 2.30. The minimum absolute atomic E-state index is 0.117. The van der Waals surface area contributed by atoms with E-state index in [9.17, 15) is 9.59 Å². The number of hydrogen-bond acceptors (Lipinski definition) is 5. The van der Waals surface area contributed by atoms with Gasteiger partial charge in [-0.2, -0.15) is 0 Å². The highest BCUT2D eigenvalue weighted by atomic mass is 16.5. The van der Waals surface area contributed by atoms with E-state index in [1.807, 2.05) is 19.1 Å². The van der Waals surface area contributed by atoms with Crippen molar-refractivity contribution >= 4 is 11.9 Å². The molecule has 2 aromatic rings. The SMILES string of the molecule is Cc1ccc(OC(C)(C)C(=O)NCC(=O)OCc2cccnc2)cc1. The lowest BCUT2D eigenvalue weighted by Crippen LogP contribution is -2.48. The Morgan fingerprint density at radius 3 is 2.52 bits per heavy atom. The maximum absolute atomic E-state index is 12.3. The van der Waals surface area contributed by atoms with Gasteiger partial charge in [-0.05, 0) is 39.0 Å². The Balaban J connectivity index is 1.79. The Bertz CT molecular complexity index is 712. The van der Waals surface area contributed by atoms with Crippen LogP contribution in [-0.4, -0.2) is 29.0 Å². The topological polar surface area (TPSA) is 77.5 Å². The zero-order valence-electron chi connectivity index (χ0n) is 14.6. The molecule has 2 rings (SSSR count). The van der Waals surface area contributed by atoms with Crippen LogP contribution < -0.4 is 10.1 Å². The predicted octanol–water partition coefficient (Wildman–Crippen LogP) is 2.41. The summed E-state index contributed by atoms with van der Waals surface area (Å²) in [5, 5.41) is 2.54. The first kappa shape index (κ1) is 18.4. The fraction of sp³-hybridized carbons (Fsp3) is 0.316. The van der Waals surface area contributed by atoms with Crippen molar-refractivity contribution in [2.24, 2.45) is 0 Å². The van der Waals surface area contributed by atoms with Crippen molar-refractivity contribution in [2.45, 2.75) is 33.0 Å². The first-order valence-electron chi connectivity index (χ1n) is 7.95. The van der Waals surface area contributed by atoms with Crippen LogP contribution in [-0.2, 0) is 20.9 Å². The number of amides is 1. The lowest BCUT2D eigenvalue weighted by atomic mass is 10.1. The van der Waals surface area contributed by atoms with Crippen molar-refractivity contribution in [3.63, 3.8) is 0 Å². The van der Waals surface area contributed by atoms with Crippen LogP contribution in [0.3, 0.4) is 0 Å². The van der Waals surface area contributed by atoms with E-state index in [2.05, 4.69) is 10.3 Å². The number of pyridine rings is 1. The molecule has 0 aliphatic rings. The number of esters is 1. The van der Waals surface area contributed by atoms with Gasteiger partial charge in [0.2, 0.25) is 0 Å². The highest BCUT2D eigenvalue weighted by molar-refractivity contribution is 5.87. The van der Waals surface area contributed by atoms with Crippen LogP contribution in [0, 0.1) is 6.92 Å². The molecule has 25 heavy (non-hydrogen) atoms. The van der Waals surface area contributed by atoms with E-state index in [4.69, 9.17) is 9.47 Å². The molecular weight excluding hydrogens is 320 g/mol. The van der Waals surface area contributed by atoms with Crippen LogP contribution in [0.15, 0.2) is 48.8 Å². The molecule has 1 aromatic heterocycles. The van der Waals surface area contributed by atoms with Crippen molar-refractivity contribution in [2.75, 3.05) is 6.54 Å². The van der Waals surface area contributed by atoms with Crippen molar-refractivity contribution in [3.8, 4) is 5.75 Å². The Morgan fingerprint density at radius 2 is 1.88 bits per heavy atom. The quantitative estimate of drug-likeness (QED) is 0.782. The molecule has 132 valence electrons. The van der Waals surface area contributed by atoms with Gasteiger partial charge in [-0.3, -0.25) is 14.6 Å². The van der Waals surface area contributed by atoms with E-state index in [1.54, 1.807) is 50.5 Å². The molecule has 0 atom stereocenters. The first-order chi connectivity index (χ1) is 11.9. The van der Waals surface area contributed by atoms with E-state index in [1.165, 1.54) is 0 Å². The molecule has 0 spiro atoms. The third kappa shape index (κ3) is 5.91. The number of rotatable bonds is 7. The summed E-state index contributed by atoms with van der Waals surface area (Å²) in [4.78, 5) is 27.9. The Kier molecular flexibility index (Phi) is 6.11. The van der Waals surface area contributed by atoms with Crippen LogP contribution in [0.25, 0.3) is 0 Å². The van der Waals surface area contributed by atoms with Gasteiger partial charge < -0.3 is 14.8 Å². The molecular formula is C19H22N2O4. The van der Waals surface area contributed by atoms with Gasteiger partial charge in [-0.25, -0.2) is 0 Å². The molecule has 6 heteroatoms. The first-order valence-corrected chi connectivity index (χ1v) is 7.95. The second-order valence-electron chi connectivity index (χ2n) is 6.13. The van der Waals surface area contributed by atoms with E-state index in [-0.39, 0.29) is 13.2 Å². The van der Waals surface area contributed by atoms with Crippen LogP contribution in [0.4, 0.5) is 0 Å². The van der Waals surface area contributed by atoms with Gasteiger partial charge >= 0.3 is 5.97 Å². The number of carbonyl (C=O) groups is 2. The van der Waals surface area contributed by atoms with E-state index < -0.39 is 17.5 Å². The number of aryl methyl sites for hydroxylation is 1. The fourth-order valence-corrected chi connectivity index (χ4v) is 2.01. The van der Waals surface area contributed by atoms with Crippen LogP contribution in [0.2, 0.25) is 0 Å². The van der Waals surface area contributed by atoms with Crippen molar-refractivity contribution in [1.82, 2.24) is 10.3 Å². The zero-order valence-corrected chi connectivity index (χ0v) is 14.6. The maximum Gasteiger partial charge on any atom is 0.325 e. The number of nitrogens with zero attached hydrogens (tertiary/aromatic N) is 1. The minimum Gasteiger partial charge on any atom is -0.478 e. The zero-order chi connectivity index (χ0) is 18.3. The van der Waals surface area contributed by atoms with E-state index >= 15 is 0 Å². The molecule has 0 aliphatic heterocycles. The summed E-state index contributed by atoms with van der Waals surface area (Å²) in [7, 11) is 0. The molecule has 0 bridgehead atoms. The van der Waals surface area contributed by atoms with Gasteiger partial charge in [0, 0.05) is 18.0 Å². The third-order valence-corrected chi connectivity index (χ3v) is 3.46. The number of hydrogen-bond donors (Lipinski definition) is 1. The number of benzene rings is 1. The molecule has 0 fully saturated rings. The van der Waals surface area contributed by atoms with E-state index in [0.29, 0.717) is 5.75 Å². The smallest absolute Gasteiger partial charge is 0.325 e. The van der Waals surface area contributed by atoms with Crippen molar-refractivity contribution in [1.29, 1.82) is 0 Å². The normalized spacial score (nSPS) is 10.8. The predicted molar refractivity (Wildman–Crippen MR) is 92.9 cm³/mol. The lowest BCUT2D eigenvalue weighted by Gasteiger charge is -2.25. The Labute approximate surface area is 147 Å². The van der Waals surface area contributed by atoms with Crippen LogP contribution in [0.5, 0.6) is 5.75 Å². The molecule has 1 N–H and O–H groups in total. The maximum atomic E-state index is 12.3. The van der Waals surface area contributed by atoms with Crippen molar-refractivity contribution in [3.05, 3.63) is 59.9 Å². The van der Waals surface area contributed by atoms with Gasteiger partial charge in [-0.1, -0.05) is 23.8 Å². The Morgan fingerprint density at radius 1 is 1.16 bits per heavy atom. The summed E-state index contributed by atoms with van der Waals surface area (Å²) >= 11 is 0. The lowest BCUT2D eigenvalue weighted by molar-refractivity contribution is -0.146. The molecule has 1 heterocycles. The summed E-state index contributed by atoms with van der Waals surface area (Å²) in [6, 6.07) is 11.0. The largest absolute Gasteiger partial charge is 0.478 e. The molecule has 1 amide bonds. The van der Waals surface area contributed by atoms with Gasteiger partial charge in [0.15, 0.2) is 5.60 Å². The molecule has 0 saturated heterocycles. The average Bonchev–Trinajstić information content (AvgIpc) is 2.60. The number of aromatic nitrogens is 1. The van der Waals surface area contributed by atoms with Crippen LogP contribution >= 0.6 is 0 Å². The number of carbonyl (C=O) groups excluding carboxylic acids is 2. The molecule has 0 radical (unpaired) electrons. The standard InChI is InChI=1S/C19H22N2O4/c1-14-6-8-16(9-7-14)25-19(2,3)18(23)21-12-17(22)24-13-15-5-4-10-20-11-15/h4-11H,12-13H2,1-3H3,(H,21,23).